The molecule has 1 aromatic carbocycles. The number of rotatable bonds is 9. The van der Waals surface area contributed by atoms with Crippen LogP contribution in [-0.2, 0) is 22.4 Å². The molecule has 0 aliphatic carbocycles. The minimum Gasteiger partial charge on any atom is -0.402 e. The van der Waals surface area contributed by atoms with Crippen molar-refractivity contribution < 1.29 is 9.53 Å². The molecule has 0 unspecified atom stereocenters. The van der Waals surface area contributed by atoms with Crippen molar-refractivity contribution in [2.45, 2.75) is 51.9 Å². The largest absolute Gasteiger partial charge is 0.402 e. The summed E-state index contributed by atoms with van der Waals surface area (Å²) in [5, 5.41) is 0. The number of nitrogens with one attached hydrogen (secondary N) is 1. The number of hydrogen-bond donors (Lipinski definition) is 1. The molecular weight excluding hydrogens is 324 g/mol. The van der Waals surface area contributed by atoms with Gasteiger partial charge in [0.1, 0.15) is 5.70 Å². The van der Waals surface area contributed by atoms with Crippen LogP contribution < -0.4 is 0 Å². The molecule has 0 fully saturated rings. The van der Waals surface area contributed by atoms with Gasteiger partial charge in [-0.1, -0.05) is 44.4 Å². The van der Waals surface area contributed by atoms with Gasteiger partial charge in [0.25, 0.3) is 0 Å². The first kappa shape index (κ1) is 18.2. The maximum atomic E-state index is 12.0. The van der Waals surface area contributed by atoms with Crippen molar-refractivity contribution >= 4 is 11.9 Å². The molecule has 1 aliphatic rings. The predicted octanol–water partition coefficient (Wildman–Crippen LogP) is 4.96. The van der Waals surface area contributed by atoms with Crippen molar-refractivity contribution in [2.24, 2.45) is 4.99 Å². The molecule has 1 N–H and O–H groups in total. The molecule has 0 spiro atoms. The van der Waals surface area contributed by atoms with Gasteiger partial charge < -0.3 is 9.72 Å². The monoisotopic (exact) mass is 350 g/mol. The number of aromatic nitrogens is 1. The highest BCUT2D eigenvalue weighted by Gasteiger charge is 2.23. The van der Waals surface area contributed by atoms with Crippen LogP contribution in [0.25, 0.3) is 0 Å². The average Bonchev–Trinajstić information content (AvgIpc) is 3.30. The second-order valence-corrected chi connectivity index (χ2v) is 6.64. The van der Waals surface area contributed by atoms with Crippen LogP contribution in [0.1, 0.15) is 55.8 Å². The first-order valence-electron chi connectivity index (χ1n) is 9.49. The number of benzene rings is 1. The van der Waals surface area contributed by atoms with Crippen molar-refractivity contribution in [2.75, 3.05) is 0 Å². The number of nitrogens with zero attached hydrogens (tertiary/aromatic N) is 1. The molecule has 0 atom stereocenters. The molecule has 26 heavy (non-hydrogen) atoms. The van der Waals surface area contributed by atoms with Crippen LogP contribution in [0.5, 0.6) is 0 Å². The van der Waals surface area contributed by atoms with E-state index in [1.54, 1.807) is 0 Å². The fourth-order valence-corrected chi connectivity index (χ4v) is 3.03. The summed E-state index contributed by atoms with van der Waals surface area (Å²) in [6.45, 7) is 2.22. The van der Waals surface area contributed by atoms with Gasteiger partial charge in [-0.2, -0.15) is 0 Å². The zero-order valence-corrected chi connectivity index (χ0v) is 15.3. The van der Waals surface area contributed by atoms with E-state index in [0.717, 1.165) is 30.5 Å². The van der Waals surface area contributed by atoms with Gasteiger partial charge in [-0.25, -0.2) is 9.79 Å². The maximum Gasteiger partial charge on any atom is 0.363 e. The average molecular weight is 350 g/mol. The first-order valence-corrected chi connectivity index (χ1v) is 9.49. The van der Waals surface area contributed by atoms with Gasteiger partial charge in [0, 0.05) is 17.5 Å². The van der Waals surface area contributed by atoms with E-state index in [1.165, 1.54) is 31.2 Å². The number of aromatic amines is 1. The molecule has 2 heterocycles. The Morgan fingerprint density at radius 3 is 2.65 bits per heavy atom. The highest BCUT2D eigenvalue weighted by Crippen LogP contribution is 2.18. The van der Waals surface area contributed by atoms with Crippen LogP contribution in [0.4, 0.5) is 0 Å². The smallest absolute Gasteiger partial charge is 0.363 e. The van der Waals surface area contributed by atoms with Gasteiger partial charge in [-0.3, -0.25) is 0 Å². The first-order chi connectivity index (χ1) is 12.8. The SMILES string of the molecule is CCCCCCc1ccc(C2=N/C(=C\CCc3ccc[nH]3)C(=O)O2)cc1. The zero-order valence-electron chi connectivity index (χ0n) is 15.3. The lowest BCUT2D eigenvalue weighted by molar-refractivity contribution is -0.130. The third-order valence-corrected chi connectivity index (χ3v) is 4.55. The fourth-order valence-electron chi connectivity index (χ4n) is 3.03. The summed E-state index contributed by atoms with van der Waals surface area (Å²) in [5.74, 6) is 0.0359. The van der Waals surface area contributed by atoms with E-state index in [9.17, 15) is 4.79 Å². The van der Waals surface area contributed by atoms with Gasteiger partial charge >= 0.3 is 5.97 Å². The molecule has 1 aliphatic heterocycles. The number of carbonyl (C=O) groups excluding carboxylic acids is 1. The van der Waals surface area contributed by atoms with Crippen molar-refractivity contribution in [1.29, 1.82) is 0 Å². The van der Waals surface area contributed by atoms with Crippen molar-refractivity contribution in [3.8, 4) is 0 Å². The molecule has 0 bridgehead atoms. The van der Waals surface area contributed by atoms with E-state index >= 15 is 0 Å². The third-order valence-electron chi connectivity index (χ3n) is 4.55. The van der Waals surface area contributed by atoms with Crippen LogP contribution in [0, 0.1) is 0 Å². The Morgan fingerprint density at radius 2 is 1.92 bits per heavy atom. The number of esters is 1. The molecule has 0 radical (unpaired) electrons. The Bertz CT molecular complexity index is 771. The molecule has 3 rings (SSSR count). The number of hydrogen-bond acceptors (Lipinski definition) is 3. The van der Waals surface area contributed by atoms with E-state index < -0.39 is 0 Å². The normalized spacial score (nSPS) is 15.3. The van der Waals surface area contributed by atoms with Crippen molar-refractivity contribution in [3.63, 3.8) is 0 Å². The quantitative estimate of drug-likeness (QED) is 0.395. The number of aryl methyl sites for hydroxylation is 2. The molecule has 2 aromatic rings. The van der Waals surface area contributed by atoms with Crippen LogP contribution in [0.2, 0.25) is 0 Å². The zero-order chi connectivity index (χ0) is 18.2. The topological polar surface area (TPSA) is 54.5 Å². The van der Waals surface area contributed by atoms with Crippen LogP contribution in [0.3, 0.4) is 0 Å². The maximum absolute atomic E-state index is 12.0. The number of carbonyl (C=O) groups is 1. The van der Waals surface area contributed by atoms with Gasteiger partial charge in [-0.05, 0) is 55.5 Å². The van der Waals surface area contributed by atoms with E-state index in [2.05, 4.69) is 29.0 Å². The lowest BCUT2D eigenvalue weighted by atomic mass is 10.0. The van der Waals surface area contributed by atoms with E-state index in [1.807, 2.05) is 36.5 Å². The van der Waals surface area contributed by atoms with E-state index in [-0.39, 0.29) is 5.97 Å². The molecule has 4 nitrogen and oxygen atoms in total. The van der Waals surface area contributed by atoms with Crippen LogP contribution >= 0.6 is 0 Å². The minimum absolute atomic E-state index is 0.366. The summed E-state index contributed by atoms with van der Waals surface area (Å²) in [6, 6.07) is 12.2. The summed E-state index contributed by atoms with van der Waals surface area (Å²) >= 11 is 0. The molecule has 4 heteroatoms. The van der Waals surface area contributed by atoms with Gasteiger partial charge in [-0.15, -0.1) is 0 Å². The Labute approximate surface area is 155 Å². The van der Waals surface area contributed by atoms with E-state index in [0.29, 0.717) is 11.6 Å². The number of unbranched alkanes of at least 4 members (excludes halogenated alkanes) is 3. The third kappa shape index (κ3) is 4.94. The molecule has 1 aromatic heterocycles. The summed E-state index contributed by atoms with van der Waals surface area (Å²) in [4.78, 5) is 19.5. The highest BCUT2D eigenvalue weighted by molar-refractivity contribution is 6.11. The summed E-state index contributed by atoms with van der Waals surface area (Å²) < 4.78 is 5.34. The van der Waals surface area contributed by atoms with Crippen LogP contribution in [0.15, 0.2) is 59.4 Å². The van der Waals surface area contributed by atoms with Crippen molar-refractivity contribution in [3.05, 3.63) is 71.2 Å². The Balaban J connectivity index is 1.57. The fraction of sp³-hybridized carbons (Fsp3) is 0.364. The van der Waals surface area contributed by atoms with Gasteiger partial charge in [0.05, 0.1) is 0 Å². The predicted molar refractivity (Wildman–Crippen MR) is 104 cm³/mol. The summed E-state index contributed by atoms with van der Waals surface area (Å²) in [7, 11) is 0. The van der Waals surface area contributed by atoms with E-state index in [4.69, 9.17) is 4.74 Å². The lowest BCUT2D eigenvalue weighted by Gasteiger charge is -2.03. The van der Waals surface area contributed by atoms with Gasteiger partial charge in [0.15, 0.2) is 0 Å². The minimum atomic E-state index is -0.366. The summed E-state index contributed by atoms with van der Waals surface area (Å²) in [6.07, 6.45) is 11.5. The standard InChI is InChI=1S/C22H26N2O2/c1-2-3-4-5-8-17-12-14-18(15-13-17)21-24-20(22(25)26-21)11-6-9-19-10-7-16-23-19/h7,10-16,23H,2-6,8-9H2,1H3/b20-11-. The number of cyclic esters (lactones) is 1. The summed E-state index contributed by atoms with van der Waals surface area (Å²) in [5.41, 5.74) is 3.71. The Morgan fingerprint density at radius 1 is 1.08 bits per heavy atom. The number of H-pyrrole nitrogens is 1. The second-order valence-electron chi connectivity index (χ2n) is 6.64. The number of ether oxygens (including phenoxy) is 1. The molecule has 0 saturated heterocycles. The molecular formula is C22H26N2O2. The Hall–Kier alpha value is -2.62. The molecule has 0 saturated carbocycles. The van der Waals surface area contributed by atoms with Gasteiger partial charge in [0.2, 0.25) is 5.90 Å². The second kappa shape index (κ2) is 9.18. The number of allylic oxidation sites excluding steroid dienone is 1. The van der Waals surface area contributed by atoms with Crippen molar-refractivity contribution in [1.82, 2.24) is 4.98 Å². The van der Waals surface area contributed by atoms with Crippen LogP contribution in [-0.4, -0.2) is 16.9 Å². The molecule has 0 amide bonds. The number of aliphatic imine (C=N–C) groups is 1. The molecule has 136 valence electrons. The Kier molecular flexibility index (Phi) is 6.42. The highest BCUT2D eigenvalue weighted by atomic mass is 16.6. The lowest BCUT2D eigenvalue weighted by Crippen LogP contribution is -2.05.